The second-order valence-electron chi connectivity index (χ2n) is 4.38. The summed E-state index contributed by atoms with van der Waals surface area (Å²) in [5, 5.41) is 19.2. The highest BCUT2D eigenvalue weighted by Gasteiger charge is 2.24. The Kier molecular flexibility index (Phi) is 4.02. The number of carbonyl (C=O) groups is 1. The van der Waals surface area contributed by atoms with Crippen LogP contribution in [0.3, 0.4) is 0 Å². The Morgan fingerprint density at radius 1 is 1.21 bits per heavy atom. The van der Waals surface area contributed by atoms with E-state index >= 15 is 0 Å². The van der Waals surface area contributed by atoms with Gasteiger partial charge in [-0.3, -0.25) is 0 Å². The van der Waals surface area contributed by atoms with Crippen molar-refractivity contribution < 1.29 is 19.4 Å². The molecule has 2 atom stereocenters. The molecule has 0 amide bonds. The molecule has 0 radical (unpaired) electrons. The molecule has 0 spiro atoms. The molecule has 0 aliphatic carbocycles. The first-order valence-corrected chi connectivity index (χ1v) is 6.19. The number of rotatable bonds is 5. The first kappa shape index (κ1) is 13.4. The maximum absolute atomic E-state index is 10.8. The van der Waals surface area contributed by atoms with Gasteiger partial charge >= 0.3 is 5.97 Å². The summed E-state index contributed by atoms with van der Waals surface area (Å²) in [5.74, 6) is -1.12. The van der Waals surface area contributed by atoms with Crippen molar-refractivity contribution in [3.63, 3.8) is 0 Å². The summed E-state index contributed by atoms with van der Waals surface area (Å²) >= 11 is 0. The average Bonchev–Trinajstić information content (AvgIpc) is 2.90. The van der Waals surface area contributed by atoms with E-state index in [0.717, 1.165) is 12.0 Å². The molecule has 0 aliphatic heterocycles. The van der Waals surface area contributed by atoms with Gasteiger partial charge in [0.05, 0.1) is 0 Å². The fourth-order valence-electron chi connectivity index (χ4n) is 2.17. The molecule has 0 saturated heterocycles. The van der Waals surface area contributed by atoms with Crippen LogP contribution in [-0.2, 0) is 0 Å². The number of hydrogen-bond donors (Lipinski definition) is 2. The van der Waals surface area contributed by atoms with Gasteiger partial charge in [0.25, 0.3) is 0 Å². The van der Waals surface area contributed by atoms with Crippen LogP contribution in [0.25, 0.3) is 0 Å². The maximum Gasteiger partial charge on any atom is 0.371 e. The molecule has 1 aromatic heterocycles. The van der Waals surface area contributed by atoms with E-state index < -0.39 is 12.1 Å². The largest absolute Gasteiger partial charge is 0.475 e. The fourth-order valence-corrected chi connectivity index (χ4v) is 2.17. The molecule has 2 unspecified atom stereocenters. The average molecular weight is 260 g/mol. The Bertz CT molecular complexity index is 544. The lowest BCUT2D eigenvalue weighted by Gasteiger charge is -2.20. The third-order valence-electron chi connectivity index (χ3n) is 3.18. The molecule has 0 aliphatic rings. The van der Waals surface area contributed by atoms with Gasteiger partial charge in [0.1, 0.15) is 11.9 Å². The van der Waals surface area contributed by atoms with Crippen molar-refractivity contribution in [3.05, 3.63) is 59.5 Å². The molecule has 4 heteroatoms. The minimum absolute atomic E-state index is 0.117. The van der Waals surface area contributed by atoms with Gasteiger partial charge in [0.15, 0.2) is 0 Å². The second-order valence-corrected chi connectivity index (χ2v) is 4.38. The number of aromatic carboxylic acids is 1. The summed E-state index contributed by atoms with van der Waals surface area (Å²) in [6.45, 7) is 1.97. The van der Waals surface area contributed by atoms with Gasteiger partial charge in [0.2, 0.25) is 5.76 Å². The molecular formula is C15H16O4. The van der Waals surface area contributed by atoms with Gasteiger partial charge in [-0.2, -0.15) is 0 Å². The molecular weight excluding hydrogens is 244 g/mol. The SMILES string of the molecule is CCC(c1ccccc1)C(O)c1ccc(C(=O)O)o1. The normalized spacial score (nSPS) is 14.0. The van der Waals surface area contributed by atoms with Crippen LogP contribution in [0.15, 0.2) is 46.9 Å². The highest BCUT2D eigenvalue weighted by Crippen LogP contribution is 2.34. The Labute approximate surface area is 111 Å². The molecule has 0 fully saturated rings. The third-order valence-corrected chi connectivity index (χ3v) is 3.18. The zero-order valence-corrected chi connectivity index (χ0v) is 10.6. The highest BCUT2D eigenvalue weighted by molar-refractivity contribution is 5.84. The Hall–Kier alpha value is -2.07. The molecule has 2 N–H and O–H groups in total. The lowest BCUT2D eigenvalue weighted by Crippen LogP contribution is -2.09. The summed E-state index contributed by atoms with van der Waals surface area (Å²) in [7, 11) is 0. The van der Waals surface area contributed by atoms with Gasteiger partial charge < -0.3 is 14.6 Å². The first-order valence-electron chi connectivity index (χ1n) is 6.19. The predicted octanol–water partition coefficient (Wildman–Crippen LogP) is 3.21. The van der Waals surface area contributed by atoms with Gasteiger partial charge in [-0.15, -0.1) is 0 Å². The van der Waals surface area contributed by atoms with Crippen molar-refractivity contribution in [2.24, 2.45) is 0 Å². The summed E-state index contributed by atoms with van der Waals surface area (Å²) in [6.07, 6.45) is -0.116. The summed E-state index contributed by atoms with van der Waals surface area (Å²) in [4.78, 5) is 10.8. The van der Waals surface area contributed by atoms with E-state index in [1.54, 1.807) is 0 Å². The highest BCUT2D eigenvalue weighted by atomic mass is 16.4. The van der Waals surface area contributed by atoms with E-state index in [-0.39, 0.29) is 17.4 Å². The number of carboxylic acid groups (broad SMARTS) is 1. The van der Waals surface area contributed by atoms with Crippen LogP contribution in [0.4, 0.5) is 0 Å². The molecule has 1 heterocycles. The molecule has 4 nitrogen and oxygen atoms in total. The van der Waals surface area contributed by atoms with Crippen LogP contribution in [-0.4, -0.2) is 16.2 Å². The smallest absolute Gasteiger partial charge is 0.371 e. The monoisotopic (exact) mass is 260 g/mol. The first-order chi connectivity index (χ1) is 9.13. The fraction of sp³-hybridized carbons (Fsp3) is 0.267. The number of carboxylic acids is 1. The van der Waals surface area contributed by atoms with E-state index in [9.17, 15) is 9.90 Å². The molecule has 19 heavy (non-hydrogen) atoms. The topological polar surface area (TPSA) is 70.7 Å². The van der Waals surface area contributed by atoms with Crippen molar-refractivity contribution in [3.8, 4) is 0 Å². The molecule has 0 saturated carbocycles. The lowest BCUT2D eigenvalue weighted by atomic mass is 9.90. The zero-order chi connectivity index (χ0) is 13.8. The van der Waals surface area contributed by atoms with Crippen LogP contribution >= 0.6 is 0 Å². The standard InChI is InChI=1S/C15H16O4/c1-2-11(10-6-4-3-5-7-10)14(16)12-8-9-13(19-12)15(17)18/h3-9,11,14,16H,2H2,1H3,(H,17,18). The van der Waals surface area contributed by atoms with E-state index in [1.807, 2.05) is 37.3 Å². The van der Waals surface area contributed by atoms with Gasteiger partial charge in [-0.05, 0) is 24.1 Å². The maximum atomic E-state index is 10.8. The minimum Gasteiger partial charge on any atom is -0.475 e. The third kappa shape index (κ3) is 2.85. The van der Waals surface area contributed by atoms with Gasteiger partial charge in [0, 0.05) is 5.92 Å². The van der Waals surface area contributed by atoms with E-state index in [1.165, 1.54) is 12.1 Å². The van der Waals surface area contributed by atoms with Gasteiger partial charge in [-0.1, -0.05) is 37.3 Å². The molecule has 0 bridgehead atoms. The minimum atomic E-state index is -1.13. The van der Waals surface area contributed by atoms with E-state index in [2.05, 4.69) is 0 Å². The molecule has 2 rings (SSSR count). The van der Waals surface area contributed by atoms with Crippen LogP contribution in [0.5, 0.6) is 0 Å². The van der Waals surface area contributed by atoms with E-state index in [4.69, 9.17) is 9.52 Å². The zero-order valence-electron chi connectivity index (χ0n) is 10.6. The Balaban J connectivity index is 2.25. The van der Waals surface area contributed by atoms with Crippen LogP contribution < -0.4 is 0 Å². The van der Waals surface area contributed by atoms with Crippen molar-refractivity contribution in [2.45, 2.75) is 25.4 Å². The molecule has 2 aromatic rings. The van der Waals surface area contributed by atoms with Crippen LogP contribution in [0, 0.1) is 0 Å². The quantitative estimate of drug-likeness (QED) is 0.866. The van der Waals surface area contributed by atoms with Crippen molar-refractivity contribution in [1.29, 1.82) is 0 Å². The van der Waals surface area contributed by atoms with E-state index in [0.29, 0.717) is 0 Å². The van der Waals surface area contributed by atoms with Crippen molar-refractivity contribution in [2.75, 3.05) is 0 Å². The number of furan rings is 1. The Morgan fingerprint density at radius 3 is 2.42 bits per heavy atom. The lowest BCUT2D eigenvalue weighted by molar-refractivity contribution is 0.0645. The van der Waals surface area contributed by atoms with Crippen LogP contribution in [0.2, 0.25) is 0 Å². The Morgan fingerprint density at radius 2 is 1.89 bits per heavy atom. The molecule has 100 valence electrons. The number of aliphatic hydroxyl groups excluding tert-OH is 1. The summed E-state index contributed by atoms with van der Waals surface area (Å²) < 4.78 is 5.16. The number of hydrogen-bond acceptors (Lipinski definition) is 3. The van der Waals surface area contributed by atoms with Crippen LogP contribution in [0.1, 0.15) is 47.2 Å². The summed E-state index contributed by atoms with van der Waals surface area (Å²) in [6, 6.07) is 12.5. The second kappa shape index (κ2) is 5.71. The number of benzene rings is 1. The summed E-state index contributed by atoms with van der Waals surface area (Å²) in [5.41, 5.74) is 1.01. The predicted molar refractivity (Wildman–Crippen MR) is 70.1 cm³/mol. The van der Waals surface area contributed by atoms with Gasteiger partial charge in [-0.25, -0.2) is 4.79 Å². The van der Waals surface area contributed by atoms with Crippen molar-refractivity contribution in [1.82, 2.24) is 0 Å². The number of aliphatic hydroxyl groups is 1. The molecule has 1 aromatic carbocycles. The van der Waals surface area contributed by atoms with Crippen molar-refractivity contribution >= 4 is 5.97 Å².